The van der Waals surface area contributed by atoms with Crippen LogP contribution in [-0.4, -0.2) is 37.5 Å². The van der Waals surface area contributed by atoms with E-state index in [1.54, 1.807) is 0 Å². The minimum Gasteiger partial charge on any atom is -0.351 e. The summed E-state index contributed by atoms with van der Waals surface area (Å²) in [5.74, 6) is 0.00786. The molecule has 104 valence electrons. The van der Waals surface area contributed by atoms with Crippen LogP contribution in [0.4, 0.5) is 0 Å². The molecule has 0 unspecified atom stereocenters. The minimum absolute atomic E-state index is 0.00786. The van der Waals surface area contributed by atoms with Crippen LogP contribution in [0.5, 0.6) is 0 Å². The fourth-order valence-corrected chi connectivity index (χ4v) is 2.49. The molecule has 0 aromatic heterocycles. The Labute approximate surface area is 120 Å². The molecule has 1 fully saturated rings. The molecular weight excluding hydrogens is 256 g/mol. The van der Waals surface area contributed by atoms with Crippen molar-refractivity contribution in [1.82, 2.24) is 10.2 Å². The molecule has 1 aromatic carbocycles. The molecule has 0 bridgehead atoms. The number of thiol groups is 1. The Hall–Kier alpha value is -1.00. The molecule has 0 radical (unpaired) electrons. The van der Waals surface area contributed by atoms with Crippen LogP contribution in [0.15, 0.2) is 29.2 Å². The third kappa shape index (κ3) is 3.98. The van der Waals surface area contributed by atoms with Crippen LogP contribution in [0, 0.1) is 5.41 Å². The monoisotopic (exact) mass is 278 g/mol. The van der Waals surface area contributed by atoms with Crippen molar-refractivity contribution >= 4 is 18.5 Å². The second-order valence-electron chi connectivity index (χ2n) is 5.84. The summed E-state index contributed by atoms with van der Waals surface area (Å²) in [6, 6.07) is 7.31. The highest BCUT2D eigenvalue weighted by Gasteiger charge is 2.29. The standard InChI is InChI=1S/C15H22N2OS/c1-15(7-9-17(2)10-8-15)11-16-14(18)12-3-5-13(19)6-4-12/h3-6,19H,7-11H2,1-2H3,(H,16,18). The van der Waals surface area contributed by atoms with Gasteiger partial charge in [0.05, 0.1) is 0 Å². The first-order chi connectivity index (χ1) is 8.98. The zero-order valence-electron chi connectivity index (χ0n) is 11.6. The van der Waals surface area contributed by atoms with Gasteiger partial charge in [-0.2, -0.15) is 0 Å². The predicted molar refractivity (Wildman–Crippen MR) is 80.9 cm³/mol. The number of hydrogen-bond acceptors (Lipinski definition) is 3. The van der Waals surface area contributed by atoms with Crippen LogP contribution in [0.3, 0.4) is 0 Å². The van der Waals surface area contributed by atoms with Crippen LogP contribution >= 0.6 is 12.6 Å². The van der Waals surface area contributed by atoms with Crippen molar-refractivity contribution in [2.45, 2.75) is 24.7 Å². The van der Waals surface area contributed by atoms with Crippen LogP contribution in [0.25, 0.3) is 0 Å². The van der Waals surface area contributed by atoms with E-state index in [0.29, 0.717) is 5.56 Å². The van der Waals surface area contributed by atoms with Crippen molar-refractivity contribution in [2.75, 3.05) is 26.7 Å². The lowest BCUT2D eigenvalue weighted by Crippen LogP contribution is -2.43. The number of nitrogens with one attached hydrogen (secondary N) is 1. The summed E-state index contributed by atoms with van der Waals surface area (Å²) in [6.07, 6.45) is 2.28. The van der Waals surface area contributed by atoms with E-state index in [2.05, 4.69) is 36.8 Å². The van der Waals surface area contributed by atoms with E-state index < -0.39 is 0 Å². The zero-order valence-corrected chi connectivity index (χ0v) is 12.5. The normalized spacial score (nSPS) is 19.1. The lowest BCUT2D eigenvalue weighted by atomic mass is 9.80. The molecule has 19 heavy (non-hydrogen) atoms. The Morgan fingerprint density at radius 1 is 1.32 bits per heavy atom. The second-order valence-corrected chi connectivity index (χ2v) is 6.36. The number of benzene rings is 1. The highest BCUT2D eigenvalue weighted by molar-refractivity contribution is 7.80. The first-order valence-corrected chi connectivity index (χ1v) is 7.19. The maximum absolute atomic E-state index is 12.1. The Morgan fingerprint density at radius 2 is 1.89 bits per heavy atom. The van der Waals surface area contributed by atoms with Crippen LogP contribution in [0.1, 0.15) is 30.1 Å². The summed E-state index contributed by atoms with van der Waals surface area (Å²) >= 11 is 4.22. The van der Waals surface area contributed by atoms with Crippen molar-refractivity contribution < 1.29 is 4.79 Å². The molecule has 1 aliphatic rings. The molecule has 1 amide bonds. The van der Waals surface area contributed by atoms with E-state index in [-0.39, 0.29) is 11.3 Å². The van der Waals surface area contributed by atoms with E-state index in [4.69, 9.17) is 0 Å². The van der Waals surface area contributed by atoms with Crippen molar-refractivity contribution in [3.05, 3.63) is 29.8 Å². The van der Waals surface area contributed by atoms with Crippen molar-refractivity contribution in [2.24, 2.45) is 5.41 Å². The molecule has 1 saturated heterocycles. The first-order valence-electron chi connectivity index (χ1n) is 6.74. The number of nitrogens with zero attached hydrogens (tertiary/aromatic N) is 1. The quantitative estimate of drug-likeness (QED) is 0.832. The van der Waals surface area contributed by atoms with E-state index in [0.717, 1.165) is 37.4 Å². The Balaban J connectivity index is 1.88. The van der Waals surface area contributed by atoms with Crippen LogP contribution in [-0.2, 0) is 0 Å². The van der Waals surface area contributed by atoms with E-state index in [1.165, 1.54) is 0 Å². The van der Waals surface area contributed by atoms with Gasteiger partial charge in [-0.25, -0.2) is 0 Å². The fraction of sp³-hybridized carbons (Fsp3) is 0.533. The second kappa shape index (κ2) is 5.97. The van der Waals surface area contributed by atoms with Gasteiger partial charge in [0.2, 0.25) is 0 Å². The maximum Gasteiger partial charge on any atom is 0.251 e. The van der Waals surface area contributed by atoms with Gasteiger partial charge in [0.15, 0.2) is 0 Å². The SMILES string of the molecule is CN1CCC(C)(CNC(=O)c2ccc(S)cc2)CC1. The summed E-state index contributed by atoms with van der Waals surface area (Å²) in [6.45, 7) is 5.24. The van der Waals surface area contributed by atoms with Gasteiger partial charge in [-0.1, -0.05) is 6.92 Å². The lowest BCUT2D eigenvalue weighted by Gasteiger charge is -2.37. The highest BCUT2D eigenvalue weighted by atomic mass is 32.1. The number of hydrogen-bond donors (Lipinski definition) is 2. The molecule has 3 nitrogen and oxygen atoms in total. The van der Waals surface area contributed by atoms with Gasteiger partial charge in [-0.15, -0.1) is 12.6 Å². The minimum atomic E-state index is 0.00786. The van der Waals surface area contributed by atoms with Gasteiger partial charge in [-0.05, 0) is 62.7 Å². The molecule has 1 N–H and O–H groups in total. The van der Waals surface area contributed by atoms with Gasteiger partial charge in [0.1, 0.15) is 0 Å². The number of carbonyl (C=O) groups is 1. The topological polar surface area (TPSA) is 32.3 Å². The Morgan fingerprint density at radius 3 is 2.47 bits per heavy atom. The number of likely N-dealkylation sites (tertiary alicyclic amines) is 1. The molecular formula is C15H22N2OS. The van der Waals surface area contributed by atoms with Gasteiger partial charge >= 0.3 is 0 Å². The fourth-order valence-electron chi connectivity index (χ4n) is 2.34. The molecule has 0 atom stereocenters. The van der Waals surface area contributed by atoms with Gasteiger partial charge in [0, 0.05) is 17.0 Å². The van der Waals surface area contributed by atoms with Gasteiger partial charge in [0.25, 0.3) is 5.91 Å². The van der Waals surface area contributed by atoms with Crippen LogP contribution < -0.4 is 5.32 Å². The molecule has 1 aliphatic heterocycles. The number of rotatable bonds is 3. The van der Waals surface area contributed by atoms with Crippen molar-refractivity contribution in [1.29, 1.82) is 0 Å². The molecule has 4 heteroatoms. The number of amides is 1. The smallest absolute Gasteiger partial charge is 0.251 e. The van der Waals surface area contributed by atoms with Crippen molar-refractivity contribution in [3.8, 4) is 0 Å². The Bertz CT molecular complexity index is 436. The largest absolute Gasteiger partial charge is 0.351 e. The third-order valence-electron chi connectivity index (χ3n) is 4.00. The van der Waals surface area contributed by atoms with E-state index >= 15 is 0 Å². The summed E-state index contributed by atoms with van der Waals surface area (Å²) in [5, 5.41) is 3.06. The molecule has 1 heterocycles. The summed E-state index contributed by atoms with van der Waals surface area (Å²) in [5.41, 5.74) is 0.931. The average Bonchev–Trinajstić information content (AvgIpc) is 2.41. The zero-order chi connectivity index (χ0) is 13.9. The molecule has 2 rings (SSSR count). The number of carbonyl (C=O) groups excluding carboxylic acids is 1. The Kier molecular flexibility index (Phi) is 4.53. The molecule has 0 saturated carbocycles. The summed E-state index contributed by atoms with van der Waals surface area (Å²) in [4.78, 5) is 15.3. The molecule has 0 spiro atoms. The highest BCUT2D eigenvalue weighted by Crippen LogP contribution is 2.29. The predicted octanol–water partition coefficient (Wildman–Crippen LogP) is 2.44. The van der Waals surface area contributed by atoms with Gasteiger partial charge in [-0.3, -0.25) is 4.79 Å². The molecule has 1 aromatic rings. The summed E-state index contributed by atoms with van der Waals surface area (Å²) in [7, 11) is 2.15. The van der Waals surface area contributed by atoms with E-state index in [9.17, 15) is 4.79 Å². The third-order valence-corrected chi connectivity index (χ3v) is 4.30. The summed E-state index contributed by atoms with van der Waals surface area (Å²) < 4.78 is 0. The van der Waals surface area contributed by atoms with E-state index in [1.807, 2.05) is 24.3 Å². The first kappa shape index (κ1) is 14.4. The molecule has 0 aliphatic carbocycles. The average molecular weight is 278 g/mol. The van der Waals surface area contributed by atoms with Gasteiger partial charge < -0.3 is 10.2 Å². The maximum atomic E-state index is 12.1. The van der Waals surface area contributed by atoms with Crippen LogP contribution in [0.2, 0.25) is 0 Å². The van der Waals surface area contributed by atoms with Crippen molar-refractivity contribution in [3.63, 3.8) is 0 Å². The number of piperidine rings is 1. The lowest BCUT2D eigenvalue weighted by molar-refractivity contribution is 0.0891.